The van der Waals surface area contributed by atoms with E-state index in [9.17, 15) is 4.79 Å². The summed E-state index contributed by atoms with van der Waals surface area (Å²) in [5, 5.41) is 3.45. The van der Waals surface area contributed by atoms with Crippen molar-refractivity contribution in [2.24, 2.45) is 11.7 Å². The van der Waals surface area contributed by atoms with Gasteiger partial charge in [-0.25, -0.2) is 0 Å². The number of amides is 1. The molecule has 3 heterocycles. The van der Waals surface area contributed by atoms with E-state index in [1.165, 1.54) is 12.6 Å². The summed E-state index contributed by atoms with van der Waals surface area (Å²) in [5.74, 6) is 0.264. The highest BCUT2D eigenvalue weighted by Crippen LogP contribution is 2.21. The number of rotatable bonds is 5. The first-order valence-corrected chi connectivity index (χ1v) is 8.03. The standard InChI is InChI=1S/C16H24N4O2/c17-16(21)14-9-18-5-1-15(14)19-13-2-6-20(7-3-13)10-12-4-8-22-11-12/h1,5,9,12-13H,2-4,6-8,10-11H2,(H2,17,21)(H,18,19). The van der Waals surface area contributed by atoms with Crippen LogP contribution < -0.4 is 11.1 Å². The number of piperidine rings is 1. The number of primary amides is 1. The molecule has 2 saturated heterocycles. The molecule has 1 atom stereocenters. The van der Waals surface area contributed by atoms with Crippen LogP contribution in [-0.4, -0.2) is 54.7 Å². The summed E-state index contributed by atoms with van der Waals surface area (Å²) in [6, 6.07) is 2.21. The minimum absolute atomic E-state index is 0.386. The fourth-order valence-electron chi connectivity index (χ4n) is 3.29. The van der Waals surface area contributed by atoms with E-state index in [0.29, 0.717) is 17.5 Å². The summed E-state index contributed by atoms with van der Waals surface area (Å²) in [5.41, 5.74) is 6.66. The lowest BCUT2D eigenvalue weighted by Crippen LogP contribution is -2.41. The highest BCUT2D eigenvalue weighted by Gasteiger charge is 2.24. The molecule has 1 aromatic rings. The number of nitrogens with zero attached hydrogens (tertiary/aromatic N) is 2. The van der Waals surface area contributed by atoms with Crippen LogP contribution in [0.5, 0.6) is 0 Å². The zero-order valence-electron chi connectivity index (χ0n) is 12.8. The van der Waals surface area contributed by atoms with Gasteiger partial charge in [0.1, 0.15) is 0 Å². The first-order valence-electron chi connectivity index (χ1n) is 8.03. The number of nitrogens with two attached hydrogens (primary N) is 1. The highest BCUT2D eigenvalue weighted by atomic mass is 16.5. The summed E-state index contributed by atoms with van der Waals surface area (Å²) in [6.07, 6.45) is 6.56. The number of likely N-dealkylation sites (tertiary alicyclic amines) is 1. The topological polar surface area (TPSA) is 80.5 Å². The molecule has 6 heteroatoms. The molecule has 22 heavy (non-hydrogen) atoms. The molecule has 1 unspecified atom stereocenters. The molecule has 2 fully saturated rings. The molecule has 0 saturated carbocycles. The molecule has 0 radical (unpaired) electrons. The van der Waals surface area contributed by atoms with Crippen LogP contribution >= 0.6 is 0 Å². The SMILES string of the molecule is NC(=O)c1cnccc1NC1CCN(CC2CCOC2)CC1. The van der Waals surface area contributed by atoms with Crippen molar-refractivity contribution in [1.29, 1.82) is 0 Å². The van der Waals surface area contributed by atoms with E-state index in [2.05, 4.69) is 15.2 Å². The molecule has 3 rings (SSSR count). The number of carbonyl (C=O) groups excluding carboxylic acids is 1. The van der Waals surface area contributed by atoms with Gasteiger partial charge in [0, 0.05) is 44.7 Å². The van der Waals surface area contributed by atoms with Crippen molar-refractivity contribution in [3.63, 3.8) is 0 Å². The molecular formula is C16H24N4O2. The molecule has 0 aromatic carbocycles. The van der Waals surface area contributed by atoms with Crippen molar-refractivity contribution in [2.75, 3.05) is 38.2 Å². The number of hydrogen-bond donors (Lipinski definition) is 2. The molecule has 0 bridgehead atoms. The molecule has 0 aliphatic carbocycles. The van der Waals surface area contributed by atoms with Gasteiger partial charge in [0.25, 0.3) is 5.91 Å². The fourth-order valence-corrected chi connectivity index (χ4v) is 3.29. The predicted octanol–water partition coefficient (Wildman–Crippen LogP) is 1.09. The lowest BCUT2D eigenvalue weighted by molar-refractivity contribution is 0.100. The Hall–Kier alpha value is -1.66. The number of anilines is 1. The number of ether oxygens (including phenoxy) is 1. The van der Waals surface area contributed by atoms with Crippen LogP contribution in [0, 0.1) is 5.92 Å². The van der Waals surface area contributed by atoms with E-state index in [0.717, 1.165) is 51.4 Å². The maximum Gasteiger partial charge on any atom is 0.252 e. The Labute approximate surface area is 131 Å². The molecule has 6 nitrogen and oxygen atoms in total. The maximum atomic E-state index is 11.4. The van der Waals surface area contributed by atoms with Crippen molar-refractivity contribution in [1.82, 2.24) is 9.88 Å². The monoisotopic (exact) mass is 304 g/mol. The summed E-state index contributed by atoms with van der Waals surface area (Å²) >= 11 is 0. The molecule has 120 valence electrons. The second kappa shape index (κ2) is 7.07. The van der Waals surface area contributed by atoms with E-state index in [1.54, 1.807) is 6.20 Å². The van der Waals surface area contributed by atoms with Crippen molar-refractivity contribution >= 4 is 11.6 Å². The van der Waals surface area contributed by atoms with E-state index >= 15 is 0 Å². The highest BCUT2D eigenvalue weighted by molar-refractivity contribution is 5.98. The largest absolute Gasteiger partial charge is 0.381 e. The molecule has 2 aliphatic heterocycles. The van der Waals surface area contributed by atoms with E-state index in [4.69, 9.17) is 10.5 Å². The van der Waals surface area contributed by atoms with Crippen LogP contribution in [0.3, 0.4) is 0 Å². The maximum absolute atomic E-state index is 11.4. The van der Waals surface area contributed by atoms with E-state index in [1.807, 2.05) is 6.07 Å². The molecule has 0 spiro atoms. The number of aromatic nitrogens is 1. The number of hydrogen-bond acceptors (Lipinski definition) is 5. The second-order valence-corrected chi connectivity index (χ2v) is 6.23. The average Bonchev–Trinajstić information content (AvgIpc) is 3.02. The van der Waals surface area contributed by atoms with Gasteiger partial charge in [0.15, 0.2) is 0 Å². The van der Waals surface area contributed by atoms with Crippen molar-refractivity contribution < 1.29 is 9.53 Å². The Bertz CT molecular complexity index is 509. The van der Waals surface area contributed by atoms with Gasteiger partial charge in [-0.1, -0.05) is 0 Å². The van der Waals surface area contributed by atoms with Crippen molar-refractivity contribution in [2.45, 2.75) is 25.3 Å². The number of pyridine rings is 1. The van der Waals surface area contributed by atoms with Gasteiger partial charge in [0.2, 0.25) is 0 Å². The van der Waals surface area contributed by atoms with Gasteiger partial charge in [-0.3, -0.25) is 9.78 Å². The lowest BCUT2D eigenvalue weighted by atomic mass is 10.0. The molecule has 3 N–H and O–H groups in total. The first kappa shape index (κ1) is 15.2. The molecule has 1 amide bonds. The van der Waals surface area contributed by atoms with Gasteiger partial charge in [0.05, 0.1) is 17.9 Å². The first-order chi connectivity index (χ1) is 10.7. The second-order valence-electron chi connectivity index (χ2n) is 6.23. The minimum Gasteiger partial charge on any atom is -0.381 e. The summed E-state index contributed by atoms with van der Waals surface area (Å²) in [7, 11) is 0. The van der Waals surface area contributed by atoms with Crippen LogP contribution in [0.2, 0.25) is 0 Å². The smallest absolute Gasteiger partial charge is 0.252 e. The Kier molecular flexibility index (Phi) is 4.90. The Morgan fingerprint density at radius 1 is 1.41 bits per heavy atom. The van der Waals surface area contributed by atoms with Crippen LogP contribution in [0.1, 0.15) is 29.6 Å². The summed E-state index contributed by atoms with van der Waals surface area (Å²) in [4.78, 5) is 17.9. The van der Waals surface area contributed by atoms with Gasteiger partial charge in [-0.05, 0) is 31.2 Å². The van der Waals surface area contributed by atoms with Crippen LogP contribution in [-0.2, 0) is 4.74 Å². The average molecular weight is 304 g/mol. The summed E-state index contributed by atoms with van der Waals surface area (Å²) < 4.78 is 5.45. The fraction of sp³-hybridized carbons (Fsp3) is 0.625. The number of carbonyl (C=O) groups is 1. The zero-order valence-corrected chi connectivity index (χ0v) is 12.8. The normalized spacial score (nSPS) is 23.5. The van der Waals surface area contributed by atoms with Crippen LogP contribution in [0.15, 0.2) is 18.5 Å². The van der Waals surface area contributed by atoms with Gasteiger partial charge >= 0.3 is 0 Å². The third kappa shape index (κ3) is 3.75. The Balaban J connectivity index is 1.50. The van der Waals surface area contributed by atoms with Crippen molar-refractivity contribution in [3.05, 3.63) is 24.0 Å². The molecular weight excluding hydrogens is 280 g/mol. The predicted molar refractivity (Wildman–Crippen MR) is 84.8 cm³/mol. The quantitative estimate of drug-likeness (QED) is 0.851. The van der Waals surface area contributed by atoms with Crippen molar-refractivity contribution in [3.8, 4) is 0 Å². The lowest BCUT2D eigenvalue weighted by Gasteiger charge is -2.34. The third-order valence-electron chi connectivity index (χ3n) is 4.57. The van der Waals surface area contributed by atoms with Gasteiger partial charge in [-0.2, -0.15) is 0 Å². The Morgan fingerprint density at radius 3 is 2.91 bits per heavy atom. The van der Waals surface area contributed by atoms with Gasteiger partial charge < -0.3 is 20.7 Å². The van der Waals surface area contributed by atoms with E-state index < -0.39 is 5.91 Å². The van der Waals surface area contributed by atoms with E-state index in [-0.39, 0.29) is 0 Å². The van der Waals surface area contributed by atoms with Crippen LogP contribution in [0.25, 0.3) is 0 Å². The minimum atomic E-state index is -0.436. The molecule has 2 aliphatic rings. The molecule has 1 aromatic heterocycles. The Morgan fingerprint density at radius 2 is 2.23 bits per heavy atom. The number of nitrogens with one attached hydrogen (secondary N) is 1. The van der Waals surface area contributed by atoms with Gasteiger partial charge in [-0.15, -0.1) is 0 Å². The zero-order chi connectivity index (χ0) is 15.4. The van der Waals surface area contributed by atoms with Crippen LogP contribution in [0.4, 0.5) is 5.69 Å². The summed E-state index contributed by atoms with van der Waals surface area (Å²) in [6.45, 7) is 5.16. The third-order valence-corrected chi connectivity index (χ3v) is 4.57.